The Balaban J connectivity index is 1.29. The van der Waals surface area contributed by atoms with Gasteiger partial charge in [-0.2, -0.15) is 0 Å². The Morgan fingerprint density at radius 3 is 2.86 bits per heavy atom. The molecule has 1 aliphatic heterocycles. The van der Waals surface area contributed by atoms with E-state index in [0.29, 0.717) is 0 Å². The highest BCUT2D eigenvalue weighted by Crippen LogP contribution is 2.50. The molecule has 0 spiro atoms. The average Bonchev–Trinajstić information content (AvgIpc) is 3.40. The van der Waals surface area contributed by atoms with E-state index in [1.54, 1.807) is 11.3 Å². The van der Waals surface area contributed by atoms with E-state index >= 15 is 0 Å². The summed E-state index contributed by atoms with van der Waals surface area (Å²) in [5.74, 6) is 0.261. The highest BCUT2D eigenvalue weighted by molar-refractivity contribution is 7.22. The summed E-state index contributed by atoms with van der Waals surface area (Å²) in [5, 5.41) is 4.82. The molecule has 2 heterocycles. The number of hydrogen-bond acceptors (Lipinski definition) is 5. The molecule has 2 unspecified atom stereocenters. The number of nitrogens with one attached hydrogen (secondary N) is 1. The van der Waals surface area contributed by atoms with Crippen LogP contribution in [-0.2, 0) is 9.53 Å². The molecule has 28 heavy (non-hydrogen) atoms. The van der Waals surface area contributed by atoms with Gasteiger partial charge in [0.05, 0.1) is 23.4 Å². The predicted octanol–water partition coefficient (Wildman–Crippen LogP) is 4.53. The number of rotatable bonds is 4. The number of thiazole rings is 1. The summed E-state index contributed by atoms with van der Waals surface area (Å²) in [6.45, 7) is 3.22. The summed E-state index contributed by atoms with van der Waals surface area (Å²) in [6.07, 6.45) is 0.847. The summed E-state index contributed by atoms with van der Waals surface area (Å²) in [5.41, 5.74) is 2.85. The molecular weight excluding hydrogens is 394 g/mol. The molecule has 1 N–H and O–H groups in total. The van der Waals surface area contributed by atoms with Crippen LogP contribution in [0.15, 0.2) is 42.5 Å². The Morgan fingerprint density at radius 1 is 1.21 bits per heavy atom. The Hall–Kier alpha value is -2.15. The van der Waals surface area contributed by atoms with Gasteiger partial charge in [-0.3, -0.25) is 4.79 Å². The molecule has 2 aromatic carbocycles. The van der Waals surface area contributed by atoms with Crippen LogP contribution in [0.1, 0.15) is 17.9 Å². The molecule has 5 nitrogen and oxygen atoms in total. The first kappa shape index (κ1) is 17.9. The van der Waals surface area contributed by atoms with Gasteiger partial charge in [0.25, 0.3) is 0 Å². The van der Waals surface area contributed by atoms with Gasteiger partial charge in [-0.1, -0.05) is 41.1 Å². The second kappa shape index (κ2) is 7.35. The van der Waals surface area contributed by atoms with Crippen molar-refractivity contribution in [2.75, 3.05) is 36.5 Å². The van der Waals surface area contributed by atoms with Crippen LogP contribution in [0.25, 0.3) is 10.2 Å². The van der Waals surface area contributed by atoms with Crippen molar-refractivity contribution >= 4 is 49.9 Å². The largest absolute Gasteiger partial charge is 0.378 e. The maximum Gasteiger partial charge on any atom is 0.228 e. The number of ether oxygens (including phenoxy) is 1. The molecule has 2 atom stereocenters. The van der Waals surface area contributed by atoms with Crippen molar-refractivity contribution in [1.29, 1.82) is 0 Å². The number of carbonyl (C=O) groups excluding carboxylic acids is 1. The molecular formula is C21H20ClN3O2S. The Kier molecular flexibility index (Phi) is 4.70. The van der Waals surface area contributed by atoms with Gasteiger partial charge in [0, 0.05) is 29.7 Å². The van der Waals surface area contributed by atoms with E-state index in [1.807, 2.05) is 42.5 Å². The van der Waals surface area contributed by atoms with Crippen LogP contribution < -0.4 is 10.2 Å². The Labute approximate surface area is 172 Å². The van der Waals surface area contributed by atoms with Crippen molar-refractivity contribution in [2.45, 2.75) is 12.3 Å². The van der Waals surface area contributed by atoms with Crippen LogP contribution in [0.4, 0.5) is 10.8 Å². The lowest BCUT2D eigenvalue weighted by Crippen LogP contribution is -2.36. The van der Waals surface area contributed by atoms with E-state index in [-0.39, 0.29) is 17.7 Å². The lowest BCUT2D eigenvalue weighted by atomic mass is 10.1. The molecule has 144 valence electrons. The molecule has 1 saturated heterocycles. The lowest BCUT2D eigenvalue weighted by molar-refractivity contribution is -0.117. The number of anilines is 2. The summed E-state index contributed by atoms with van der Waals surface area (Å²) in [6, 6.07) is 13.7. The minimum Gasteiger partial charge on any atom is -0.378 e. The van der Waals surface area contributed by atoms with E-state index in [4.69, 9.17) is 21.3 Å². The van der Waals surface area contributed by atoms with E-state index in [0.717, 1.165) is 64.3 Å². The van der Waals surface area contributed by atoms with Crippen LogP contribution in [0.2, 0.25) is 5.02 Å². The standard InChI is InChI=1S/C21H20ClN3O2S/c22-17-4-2-1-3-14(17)15-12-16(15)20(26)23-13-5-6-18-19(11-13)28-21(24-18)25-7-9-27-10-8-25/h1-6,11,15-16H,7-10,12H2,(H,23,26). The molecule has 1 amide bonds. The normalized spacial score (nSPS) is 21.7. The zero-order chi connectivity index (χ0) is 19.1. The van der Waals surface area contributed by atoms with Gasteiger partial charge in [-0.15, -0.1) is 0 Å². The lowest BCUT2D eigenvalue weighted by Gasteiger charge is -2.25. The van der Waals surface area contributed by atoms with Crippen LogP contribution >= 0.6 is 22.9 Å². The van der Waals surface area contributed by atoms with Crippen LogP contribution in [-0.4, -0.2) is 37.2 Å². The number of benzene rings is 2. The zero-order valence-corrected chi connectivity index (χ0v) is 16.8. The number of carbonyl (C=O) groups is 1. The molecule has 0 radical (unpaired) electrons. The second-order valence-electron chi connectivity index (χ2n) is 7.24. The molecule has 3 aromatic rings. The van der Waals surface area contributed by atoms with Crippen LogP contribution in [0.5, 0.6) is 0 Å². The first-order chi connectivity index (χ1) is 13.7. The smallest absolute Gasteiger partial charge is 0.228 e. The van der Waals surface area contributed by atoms with Crippen LogP contribution in [0.3, 0.4) is 0 Å². The third kappa shape index (κ3) is 3.48. The Bertz CT molecular complexity index is 1030. The summed E-state index contributed by atoms with van der Waals surface area (Å²) < 4.78 is 6.50. The maximum absolute atomic E-state index is 12.7. The molecule has 2 aliphatic rings. The van der Waals surface area contributed by atoms with Gasteiger partial charge >= 0.3 is 0 Å². The minimum atomic E-state index is -0.0130. The highest BCUT2D eigenvalue weighted by atomic mass is 35.5. The van der Waals surface area contributed by atoms with Crippen molar-refractivity contribution in [3.63, 3.8) is 0 Å². The maximum atomic E-state index is 12.7. The molecule has 1 saturated carbocycles. The summed E-state index contributed by atoms with van der Waals surface area (Å²) in [7, 11) is 0. The molecule has 5 rings (SSSR count). The molecule has 1 aliphatic carbocycles. The quantitative estimate of drug-likeness (QED) is 0.682. The van der Waals surface area contributed by atoms with Crippen molar-refractivity contribution in [1.82, 2.24) is 4.98 Å². The fourth-order valence-electron chi connectivity index (χ4n) is 3.72. The van der Waals surface area contributed by atoms with Gasteiger partial charge in [-0.05, 0) is 42.2 Å². The highest BCUT2D eigenvalue weighted by Gasteiger charge is 2.44. The number of fused-ring (bicyclic) bond motifs is 1. The number of morpholine rings is 1. The first-order valence-corrected chi connectivity index (χ1v) is 10.7. The molecule has 7 heteroatoms. The predicted molar refractivity (Wildman–Crippen MR) is 114 cm³/mol. The molecule has 0 bridgehead atoms. The number of halogens is 1. The van der Waals surface area contributed by atoms with Gasteiger partial charge in [0.15, 0.2) is 5.13 Å². The zero-order valence-electron chi connectivity index (χ0n) is 15.2. The van der Waals surface area contributed by atoms with E-state index < -0.39 is 0 Å². The van der Waals surface area contributed by atoms with Crippen molar-refractivity contribution < 1.29 is 9.53 Å². The fraction of sp³-hybridized carbons (Fsp3) is 0.333. The van der Waals surface area contributed by atoms with Gasteiger partial charge < -0.3 is 15.0 Å². The topological polar surface area (TPSA) is 54.5 Å². The van der Waals surface area contributed by atoms with Crippen LogP contribution in [0, 0.1) is 5.92 Å². The van der Waals surface area contributed by atoms with Gasteiger partial charge in [-0.25, -0.2) is 4.98 Å². The number of aromatic nitrogens is 1. The number of nitrogens with zero attached hydrogens (tertiary/aromatic N) is 2. The molecule has 1 aromatic heterocycles. The average molecular weight is 414 g/mol. The van der Waals surface area contributed by atoms with Crippen molar-refractivity contribution in [3.05, 3.63) is 53.1 Å². The SMILES string of the molecule is O=C(Nc1ccc2nc(N3CCOCC3)sc2c1)C1CC1c1ccccc1Cl. The third-order valence-electron chi connectivity index (χ3n) is 5.36. The number of hydrogen-bond donors (Lipinski definition) is 1. The van der Waals surface area contributed by atoms with Crippen molar-refractivity contribution in [2.24, 2.45) is 5.92 Å². The number of amides is 1. The fourth-order valence-corrected chi connectivity index (χ4v) is 5.05. The van der Waals surface area contributed by atoms with Gasteiger partial charge in [0.2, 0.25) is 5.91 Å². The van der Waals surface area contributed by atoms with Crippen molar-refractivity contribution in [3.8, 4) is 0 Å². The third-order valence-corrected chi connectivity index (χ3v) is 6.78. The van der Waals surface area contributed by atoms with E-state index in [9.17, 15) is 4.79 Å². The minimum absolute atomic E-state index is 0.0130. The molecule has 2 fully saturated rings. The van der Waals surface area contributed by atoms with E-state index in [1.165, 1.54) is 0 Å². The van der Waals surface area contributed by atoms with Gasteiger partial charge in [0.1, 0.15) is 0 Å². The summed E-state index contributed by atoms with van der Waals surface area (Å²) >= 11 is 7.93. The monoisotopic (exact) mass is 413 g/mol. The summed E-state index contributed by atoms with van der Waals surface area (Å²) in [4.78, 5) is 19.7. The first-order valence-electron chi connectivity index (χ1n) is 9.47. The Morgan fingerprint density at radius 2 is 2.04 bits per heavy atom. The van der Waals surface area contributed by atoms with E-state index in [2.05, 4.69) is 10.2 Å². The second-order valence-corrected chi connectivity index (χ2v) is 8.65.